The molecule has 24 heavy (non-hydrogen) atoms. The summed E-state index contributed by atoms with van der Waals surface area (Å²) in [5, 5.41) is 0.904. The highest BCUT2D eigenvalue weighted by molar-refractivity contribution is 7.22. The SMILES string of the molecule is CCCCOC(=O)c1c(-c2ccc(F)cc2)sc2ccc(C)cc12. The third-order valence-electron chi connectivity index (χ3n) is 3.89. The summed E-state index contributed by atoms with van der Waals surface area (Å²) >= 11 is 1.54. The molecule has 2 aromatic carbocycles. The molecule has 0 spiro atoms. The summed E-state index contributed by atoms with van der Waals surface area (Å²) in [6.07, 6.45) is 1.82. The van der Waals surface area contributed by atoms with Crippen molar-refractivity contribution in [1.82, 2.24) is 0 Å². The quantitative estimate of drug-likeness (QED) is 0.421. The number of hydrogen-bond donors (Lipinski definition) is 0. The molecule has 1 aromatic heterocycles. The predicted molar refractivity (Wildman–Crippen MR) is 97.1 cm³/mol. The van der Waals surface area contributed by atoms with Crippen LogP contribution >= 0.6 is 11.3 Å². The smallest absolute Gasteiger partial charge is 0.340 e. The van der Waals surface area contributed by atoms with E-state index in [2.05, 4.69) is 6.92 Å². The molecule has 0 fully saturated rings. The standard InChI is InChI=1S/C20H19FO2S/c1-3-4-11-23-20(22)18-16-12-13(2)5-10-17(16)24-19(18)14-6-8-15(21)9-7-14/h5-10,12H,3-4,11H2,1-2H3. The van der Waals surface area contributed by atoms with E-state index >= 15 is 0 Å². The highest BCUT2D eigenvalue weighted by atomic mass is 32.1. The number of carbonyl (C=O) groups excluding carboxylic acids is 1. The summed E-state index contributed by atoms with van der Waals surface area (Å²) in [7, 11) is 0. The highest BCUT2D eigenvalue weighted by Gasteiger charge is 2.21. The first kappa shape index (κ1) is 16.7. The lowest BCUT2D eigenvalue weighted by Crippen LogP contribution is -2.07. The van der Waals surface area contributed by atoms with E-state index in [-0.39, 0.29) is 11.8 Å². The van der Waals surface area contributed by atoms with Crippen LogP contribution in [0, 0.1) is 12.7 Å². The molecule has 2 nitrogen and oxygen atoms in total. The Morgan fingerprint density at radius 2 is 1.92 bits per heavy atom. The number of benzene rings is 2. The lowest BCUT2D eigenvalue weighted by Gasteiger charge is -2.06. The molecule has 0 amide bonds. The summed E-state index contributed by atoms with van der Waals surface area (Å²) in [5.74, 6) is -0.595. The van der Waals surface area contributed by atoms with E-state index in [1.807, 2.05) is 25.1 Å². The van der Waals surface area contributed by atoms with Gasteiger partial charge in [-0.05, 0) is 43.2 Å². The second kappa shape index (κ2) is 7.14. The van der Waals surface area contributed by atoms with Crippen LogP contribution in [0.5, 0.6) is 0 Å². The van der Waals surface area contributed by atoms with Crippen LogP contribution in [0.25, 0.3) is 20.5 Å². The van der Waals surface area contributed by atoms with E-state index in [4.69, 9.17) is 4.74 Å². The Morgan fingerprint density at radius 1 is 1.17 bits per heavy atom. The van der Waals surface area contributed by atoms with E-state index in [0.717, 1.165) is 38.9 Å². The monoisotopic (exact) mass is 342 g/mol. The van der Waals surface area contributed by atoms with E-state index in [1.54, 1.807) is 12.1 Å². The molecule has 0 bridgehead atoms. The molecule has 0 saturated heterocycles. The second-order valence-corrected chi connectivity index (χ2v) is 6.85. The molecule has 3 aromatic rings. The molecule has 1 heterocycles. The van der Waals surface area contributed by atoms with Crippen molar-refractivity contribution < 1.29 is 13.9 Å². The van der Waals surface area contributed by atoms with Crippen molar-refractivity contribution in [3.05, 3.63) is 59.4 Å². The molecule has 0 saturated carbocycles. The van der Waals surface area contributed by atoms with Gasteiger partial charge in [-0.25, -0.2) is 9.18 Å². The molecule has 0 aliphatic rings. The van der Waals surface area contributed by atoms with Crippen LogP contribution in [0.2, 0.25) is 0 Å². The first-order chi connectivity index (χ1) is 11.6. The number of unbranched alkanes of at least 4 members (excludes halogenated alkanes) is 1. The Balaban J connectivity index is 2.11. The molecule has 3 rings (SSSR count). The number of ether oxygens (including phenoxy) is 1. The van der Waals surface area contributed by atoms with Gasteiger partial charge in [0.25, 0.3) is 0 Å². The van der Waals surface area contributed by atoms with E-state index < -0.39 is 0 Å². The van der Waals surface area contributed by atoms with Crippen molar-refractivity contribution in [3.8, 4) is 10.4 Å². The fourth-order valence-electron chi connectivity index (χ4n) is 2.60. The highest BCUT2D eigenvalue weighted by Crippen LogP contribution is 2.39. The Kier molecular flexibility index (Phi) is 4.95. The number of fused-ring (bicyclic) bond motifs is 1. The fourth-order valence-corrected chi connectivity index (χ4v) is 3.78. The van der Waals surface area contributed by atoms with Crippen LogP contribution < -0.4 is 0 Å². The number of carbonyl (C=O) groups is 1. The number of rotatable bonds is 5. The maximum atomic E-state index is 13.2. The Bertz CT molecular complexity index is 865. The van der Waals surface area contributed by atoms with Gasteiger partial charge in [0.1, 0.15) is 5.82 Å². The van der Waals surface area contributed by atoms with Gasteiger partial charge in [0.2, 0.25) is 0 Å². The van der Waals surface area contributed by atoms with Gasteiger partial charge in [-0.15, -0.1) is 11.3 Å². The molecule has 4 heteroatoms. The van der Waals surface area contributed by atoms with Crippen LogP contribution in [0.3, 0.4) is 0 Å². The van der Waals surface area contributed by atoms with Crippen LogP contribution in [-0.4, -0.2) is 12.6 Å². The van der Waals surface area contributed by atoms with Crippen molar-refractivity contribution in [3.63, 3.8) is 0 Å². The second-order valence-electron chi connectivity index (χ2n) is 5.80. The van der Waals surface area contributed by atoms with Gasteiger partial charge in [-0.1, -0.05) is 37.1 Å². The van der Waals surface area contributed by atoms with Crippen molar-refractivity contribution in [1.29, 1.82) is 0 Å². The van der Waals surface area contributed by atoms with Crippen LogP contribution in [0.4, 0.5) is 4.39 Å². The number of aryl methyl sites for hydroxylation is 1. The van der Waals surface area contributed by atoms with Crippen LogP contribution in [0.1, 0.15) is 35.7 Å². The molecule has 124 valence electrons. The minimum absolute atomic E-state index is 0.289. The predicted octanol–water partition coefficient (Wildman–Crippen LogP) is 5.97. The van der Waals surface area contributed by atoms with Gasteiger partial charge in [0, 0.05) is 10.1 Å². The summed E-state index contributed by atoms with van der Waals surface area (Å²) in [6, 6.07) is 12.3. The van der Waals surface area contributed by atoms with Crippen molar-refractivity contribution in [2.45, 2.75) is 26.7 Å². The Hall–Kier alpha value is -2.20. The topological polar surface area (TPSA) is 26.3 Å². The summed E-state index contributed by atoms with van der Waals surface area (Å²) in [4.78, 5) is 13.5. The average molecular weight is 342 g/mol. The van der Waals surface area contributed by atoms with E-state index in [1.165, 1.54) is 23.5 Å². The first-order valence-corrected chi connectivity index (χ1v) is 8.88. The number of hydrogen-bond acceptors (Lipinski definition) is 3. The Labute approximate surface area is 144 Å². The molecular weight excluding hydrogens is 323 g/mol. The van der Waals surface area contributed by atoms with Gasteiger partial charge < -0.3 is 4.74 Å². The zero-order chi connectivity index (χ0) is 17.1. The maximum Gasteiger partial charge on any atom is 0.340 e. The molecule has 0 aliphatic carbocycles. The third-order valence-corrected chi connectivity index (χ3v) is 5.10. The lowest BCUT2D eigenvalue weighted by atomic mass is 10.0. The summed E-state index contributed by atoms with van der Waals surface area (Å²) in [5.41, 5.74) is 2.51. The summed E-state index contributed by atoms with van der Waals surface area (Å²) in [6.45, 7) is 4.48. The molecule has 0 aliphatic heterocycles. The third kappa shape index (κ3) is 3.34. The number of halogens is 1. The normalized spacial score (nSPS) is 11.0. The van der Waals surface area contributed by atoms with Gasteiger partial charge in [0.15, 0.2) is 0 Å². The largest absolute Gasteiger partial charge is 0.462 e. The van der Waals surface area contributed by atoms with Gasteiger partial charge >= 0.3 is 5.97 Å². The van der Waals surface area contributed by atoms with Crippen molar-refractivity contribution >= 4 is 27.4 Å². The zero-order valence-corrected chi connectivity index (χ0v) is 14.6. The van der Waals surface area contributed by atoms with E-state index in [0.29, 0.717) is 12.2 Å². The molecule has 0 atom stereocenters. The molecule has 0 radical (unpaired) electrons. The zero-order valence-electron chi connectivity index (χ0n) is 13.8. The minimum Gasteiger partial charge on any atom is -0.462 e. The fraction of sp³-hybridized carbons (Fsp3) is 0.250. The van der Waals surface area contributed by atoms with Gasteiger partial charge in [0.05, 0.1) is 17.0 Å². The molecular formula is C20H19FO2S. The summed E-state index contributed by atoms with van der Waals surface area (Å²) < 4.78 is 19.7. The van der Waals surface area contributed by atoms with Gasteiger partial charge in [-0.2, -0.15) is 0 Å². The molecule has 0 N–H and O–H groups in total. The van der Waals surface area contributed by atoms with Crippen molar-refractivity contribution in [2.24, 2.45) is 0 Å². The van der Waals surface area contributed by atoms with E-state index in [9.17, 15) is 9.18 Å². The van der Waals surface area contributed by atoms with Crippen LogP contribution in [-0.2, 0) is 4.74 Å². The maximum absolute atomic E-state index is 13.2. The minimum atomic E-state index is -0.306. The van der Waals surface area contributed by atoms with Crippen molar-refractivity contribution in [2.75, 3.05) is 6.61 Å². The number of thiophene rings is 1. The first-order valence-electron chi connectivity index (χ1n) is 8.06. The number of esters is 1. The Morgan fingerprint density at radius 3 is 2.62 bits per heavy atom. The van der Waals surface area contributed by atoms with Gasteiger partial charge in [-0.3, -0.25) is 0 Å². The molecule has 0 unspecified atom stereocenters. The van der Waals surface area contributed by atoms with Crippen LogP contribution in [0.15, 0.2) is 42.5 Å². The average Bonchev–Trinajstić information content (AvgIpc) is 2.94. The lowest BCUT2D eigenvalue weighted by molar-refractivity contribution is 0.0503.